The second kappa shape index (κ2) is 46.5. The molecule has 0 fully saturated rings. The van der Waals surface area contributed by atoms with Crippen LogP contribution in [0.3, 0.4) is 0 Å². The summed E-state index contributed by atoms with van der Waals surface area (Å²) in [6.07, 6.45) is 64.2. The zero-order valence-corrected chi connectivity index (χ0v) is 41.9. The first-order valence-corrected chi connectivity index (χ1v) is 25.4. The van der Waals surface area contributed by atoms with Gasteiger partial charge in [0.1, 0.15) is 6.61 Å². The number of allylic oxidation sites excluding steroid dienone is 18. The van der Waals surface area contributed by atoms with Gasteiger partial charge in [0.2, 0.25) is 0 Å². The molecule has 0 radical (unpaired) electrons. The van der Waals surface area contributed by atoms with Crippen LogP contribution in [0.25, 0.3) is 0 Å². The van der Waals surface area contributed by atoms with Gasteiger partial charge in [-0.3, -0.25) is 9.59 Å². The molecule has 0 heterocycles. The molecule has 1 N–H and O–H groups in total. The van der Waals surface area contributed by atoms with Gasteiger partial charge in [-0.05, 0) is 96.3 Å². The van der Waals surface area contributed by atoms with E-state index in [4.69, 9.17) is 14.2 Å². The molecule has 0 aromatic rings. The van der Waals surface area contributed by atoms with Crippen molar-refractivity contribution >= 4 is 17.9 Å². The summed E-state index contributed by atoms with van der Waals surface area (Å²) in [6, 6.07) is -0.627. The average Bonchev–Trinajstić information content (AvgIpc) is 3.27. The topological polar surface area (TPSA) is 99.1 Å². The molecule has 0 aromatic heterocycles. The maximum atomic E-state index is 12.8. The van der Waals surface area contributed by atoms with E-state index >= 15 is 0 Å². The SMILES string of the molecule is CC/C=C/C/C=C/C/C=C/C/C=C/C/C=C/CCCCCCCCC(=O)OCC(COCCC(C(=O)O)[N+](C)(C)C)OC(=O)CCCCCCCC/C=C/C/C=C/C/C=C/C/C=C/CC. The molecule has 0 aliphatic rings. The van der Waals surface area contributed by atoms with Crippen molar-refractivity contribution in [2.24, 2.45) is 0 Å². The summed E-state index contributed by atoms with van der Waals surface area (Å²) in [5.74, 6) is -1.52. The van der Waals surface area contributed by atoms with Crippen molar-refractivity contribution in [3.8, 4) is 0 Å². The van der Waals surface area contributed by atoms with Gasteiger partial charge >= 0.3 is 17.9 Å². The lowest BCUT2D eigenvalue weighted by molar-refractivity contribution is -0.887. The Balaban J connectivity index is 4.34. The van der Waals surface area contributed by atoms with Crippen LogP contribution in [0.2, 0.25) is 0 Å². The van der Waals surface area contributed by atoms with Crippen LogP contribution in [0.4, 0.5) is 0 Å². The standard InChI is InChI=1S/C57H93NO7/c1-6-8-10-12-14-16-18-20-22-24-26-27-28-30-31-33-35-37-39-41-43-45-47-55(59)64-52-53(51-63-50-49-54(57(61)62)58(3,4)5)65-56(60)48-46-44-42-40-38-36-34-32-29-25-23-21-19-17-15-13-11-9-7-2/h8-11,14-17,20-23,26-27,29-32,53-54H,6-7,12-13,18-19,24-25,28,33-52H2,1-5H3/p+1/b10-8+,11-9+,16-14+,17-15+,22-20+,23-21+,27-26+,31-30+,32-29+. The Morgan fingerprint density at radius 1 is 0.462 bits per heavy atom. The number of carboxylic acids is 1. The molecule has 0 aliphatic carbocycles. The lowest BCUT2D eigenvalue weighted by atomic mass is 10.1. The fourth-order valence-corrected chi connectivity index (χ4v) is 6.81. The number of carboxylic acid groups (broad SMARTS) is 1. The molecule has 2 unspecified atom stereocenters. The molecule has 8 nitrogen and oxygen atoms in total. The van der Waals surface area contributed by atoms with Crippen LogP contribution in [-0.4, -0.2) is 80.6 Å². The highest BCUT2D eigenvalue weighted by molar-refractivity contribution is 5.72. The number of nitrogens with zero attached hydrogens (tertiary/aromatic N) is 1. The number of esters is 2. The van der Waals surface area contributed by atoms with E-state index in [1.165, 1.54) is 25.7 Å². The Hall–Kier alpha value is -4.01. The van der Waals surface area contributed by atoms with Gasteiger partial charge in [-0.25, -0.2) is 4.79 Å². The van der Waals surface area contributed by atoms with E-state index in [-0.39, 0.29) is 36.2 Å². The monoisotopic (exact) mass is 905 g/mol. The maximum absolute atomic E-state index is 12.8. The summed E-state index contributed by atoms with van der Waals surface area (Å²) in [6.45, 7) is 4.47. The molecule has 0 bridgehead atoms. The Bertz CT molecular complexity index is 1420. The number of hydrogen-bond donors (Lipinski definition) is 1. The van der Waals surface area contributed by atoms with E-state index < -0.39 is 18.1 Å². The number of quaternary nitrogens is 1. The summed E-state index contributed by atoms with van der Waals surface area (Å²) in [4.78, 5) is 37.2. The van der Waals surface area contributed by atoms with E-state index in [0.717, 1.165) is 122 Å². The molecule has 0 aliphatic heterocycles. The van der Waals surface area contributed by atoms with E-state index in [0.29, 0.717) is 19.3 Å². The van der Waals surface area contributed by atoms with Gasteiger partial charge < -0.3 is 23.8 Å². The number of unbranched alkanes of at least 4 members (excludes halogenated alkanes) is 12. The van der Waals surface area contributed by atoms with E-state index in [2.05, 4.69) is 123 Å². The third-order valence-corrected chi connectivity index (χ3v) is 10.7. The van der Waals surface area contributed by atoms with Crippen molar-refractivity contribution in [1.29, 1.82) is 0 Å². The minimum absolute atomic E-state index is 0.0431. The fourth-order valence-electron chi connectivity index (χ4n) is 6.81. The van der Waals surface area contributed by atoms with Crippen LogP contribution >= 0.6 is 0 Å². The van der Waals surface area contributed by atoms with Gasteiger partial charge in [-0.15, -0.1) is 0 Å². The average molecular weight is 905 g/mol. The first-order valence-electron chi connectivity index (χ1n) is 25.4. The van der Waals surface area contributed by atoms with Crippen LogP contribution < -0.4 is 0 Å². The van der Waals surface area contributed by atoms with Gasteiger partial charge in [0.25, 0.3) is 0 Å². The van der Waals surface area contributed by atoms with Crippen molar-refractivity contribution in [3.05, 3.63) is 109 Å². The highest BCUT2D eigenvalue weighted by Crippen LogP contribution is 2.13. The Labute approximate surface area is 398 Å². The zero-order chi connectivity index (χ0) is 47.7. The Kier molecular flexibility index (Phi) is 43.6. The van der Waals surface area contributed by atoms with Gasteiger partial charge in [0.15, 0.2) is 12.1 Å². The van der Waals surface area contributed by atoms with Crippen LogP contribution in [0, 0.1) is 0 Å². The molecule has 368 valence electrons. The van der Waals surface area contributed by atoms with Crippen molar-refractivity contribution in [1.82, 2.24) is 0 Å². The first kappa shape index (κ1) is 61.0. The van der Waals surface area contributed by atoms with Crippen molar-refractivity contribution < 1.29 is 38.2 Å². The number of aliphatic carboxylic acids is 1. The number of rotatable bonds is 44. The van der Waals surface area contributed by atoms with E-state index in [9.17, 15) is 19.5 Å². The van der Waals surface area contributed by atoms with Crippen LogP contribution in [0.15, 0.2) is 109 Å². The van der Waals surface area contributed by atoms with E-state index in [1.807, 2.05) is 21.1 Å². The normalized spacial score (nSPS) is 13.8. The van der Waals surface area contributed by atoms with Crippen LogP contribution in [0.1, 0.15) is 181 Å². The van der Waals surface area contributed by atoms with Gasteiger partial charge in [0, 0.05) is 19.3 Å². The lowest BCUT2D eigenvalue weighted by Gasteiger charge is -2.31. The molecular weight excluding hydrogens is 811 g/mol. The number of carbonyl (C=O) groups excluding carboxylic acids is 2. The molecule has 0 rings (SSSR count). The zero-order valence-electron chi connectivity index (χ0n) is 41.9. The van der Waals surface area contributed by atoms with Crippen LogP contribution in [0.5, 0.6) is 0 Å². The third-order valence-electron chi connectivity index (χ3n) is 10.7. The van der Waals surface area contributed by atoms with Gasteiger partial charge in [0.05, 0.1) is 34.4 Å². The molecule has 0 spiro atoms. The predicted molar refractivity (Wildman–Crippen MR) is 275 cm³/mol. The summed E-state index contributed by atoms with van der Waals surface area (Å²) in [5, 5.41) is 9.66. The minimum atomic E-state index is -0.884. The van der Waals surface area contributed by atoms with Crippen molar-refractivity contribution in [2.75, 3.05) is 41.0 Å². The predicted octanol–water partition coefficient (Wildman–Crippen LogP) is 14.8. The molecule has 0 saturated heterocycles. The molecular formula is C57H94NO7+. The van der Waals surface area contributed by atoms with Crippen LogP contribution in [-0.2, 0) is 28.6 Å². The Morgan fingerprint density at radius 2 is 0.815 bits per heavy atom. The summed E-state index contributed by atoms with van der Waals surface area (Å²) in [7, 11) is 5.51. The fraction of sp³-hybridized carbons (Fsp3) is 0.632. The maximum Gasteiger partial charge on any atom is 0.362 e. The number of likely N-dealkylation sites (N-methyl/N-ethyl adjacent to an activating group) is 1. The van der Waals surface area contributed by atoms with Crippen molar-refractivity contribution in [3.63, 3.8) is 0 Å². The van der Waals surface area contributed by atoms with E-state index in [1.54, 1.807) is 0 Å². The highest BCUT2D eigenvalue weighted by atomic mass is 16.6. The van der Waals surface area contributed by atoms with Gasteiger partial charge in [-0.1, -0.05) is 175 Å². The molecule has 0 saturated carbocycles. The number of ether oxygens (including phenoxy) is 3. The number of carbonyl (C=O) groups is 3. The largest absolute Gasteiger partial charge is 0.477 e. The van der Waals surface area contributed by atoms with Gasteiger partial charge in [-0.2, -0.15) is 0 Å². The summed E-state index contributed by atoms with van der Waals surface area (Å²) < 4.78 is 17.3. The smallest absolute Gasteiger partial charge is 0.362 e. The molecule has 8 heteroatoms. The first-order chi connectivity index (χ1) is 31.6. The van der Waals surface area contributed by atoms with Crippen molar-refractivity contribution in [2.45, 2.75) is 193 Å². The summed E-state index contributed by atoms with van der Waals surface area (Å²) >= 11 is 0. The Morgan fingerprint density at radius 3 is 1.20 bits per heavy atom. The quantitative estimate of drug-likeness (QED) is 0.0281. The molecule has 0 aromatic carbocycles. The highest BCUT2D eigenvalue weighted by Gasteiger charge is 2.31. The molecule has 0 amide bonds. The second-order valence-corrected chi connectivity index (χ2v) is 17.7. The summed E-state index contributed by atoms with van der Waals surface area (Å²) in [5.41, 5.74) is 0. The second-order valence-electron chi connectivity index (χ2n) is 17.7. The molecule has 2 atom stereocenters. The number of hydrogen-bond acceptors (Lipinski definition) is 6. The third kappa shape index (κ3) is 45.0. The minimum Gasteiger partial charge on any atom is -0.477 e. The molecule has 65 heavy (non-hydrogen) atoms. The lowest BCUT2D eigenvalue weighted by Crippen LogP contribution is -2.50.